The van der Waals surface area contributed by atoms with Crippen molar-refractivity contribution >= 4 is 5.84 Å². The maximum atomic E-state index is 13.5. The van der Waals surface area contributed by atoms with Crippen molar-refractivity contribution in [3.05, 3.63) is 47.7 Å². The number of aliphatic hydroxyl groups excluding tert-OH is 3. The van der Waals surface area contributed by atoms with Gasteiger partial charge in [0.2, 0.25) is 0 Å². The molecule has 7 atom stereocenters. The largest absolute Gasteiger partial charge is 0.387 e. The second kappa shape index (κ2) is 7.94. The van der Waals surface area contributed by atoms with Gasteiger partial charge in [0.15, 0.2) is 17.9 Å². The zero-order chi connectivity index (χ0) is 20.7. The van der Waals surface area contributed by atoms with Crippen molar-refractivity contribution in [2.24, 2.45) is 10.9 Å². The second-order valence-corrected chi connectivity index (χ2v) is 7.06. The molecule has 11 heteroatoms. The van der Waals surface area contributed by atoms with E-state index in [1.165, 1.54) is 13.2 Å². The van der Waals surface area contributed by atoms with Crippen LogP contribution in [0.2, 0.25) is 0 Å². The van der Waals surface area contributed by atoms with Crippen LogP contribution in [-0.2, 0) is 9.57 Å². The molecule has 1 fully saturated rings. The van der Waals surface area contributed by atoms with Gasteiger partial charge in [-0.15, -0.1) is 0 Å². The first kappa shape index (κ1) is 20.1. The summed E-state index contributed by atoms with van der Waals surface area (Å²) in [7, 11) is 1.47. The van der Waals surface area contributed by atoms with E-state index < -0.39 is 42.3 Å². The molecule has 0 spiro atoms. The zero-order valence-corrected chi connectivity index (χ0v) is 15.4. The number of ether oxygens (including phenoxy) is 1. The summed E-state index contributed by atoms with van der Waals surface area (Å²) in [6.07, 6.45) is -3.25. The van der Waals surface area contributed by atoms with Gasteiger partial charge in [0.05, 0.1) is 25.9 Å². The summed E-state index contributed by atoms with van der Waals surface area (Å²) < 4.78 is 32.5. The molecule has 0 bridgehead atoms. The van der Waals surface area contributed by atoms with Crippen LogP contribution in [0.3, 0.4) is 0 Å². The average Bonchev–Trinajstić information content (AvgIpc) is 3.26. The summed E-state index contributed by atoms with van der Waals surface area (Å²) in [4.78, 5) is 10.9. The molecule has 3 heterocycles. The molecule has 0 aliphatic carbocycles. The molecular weight excluding hydrogens is 390 g/mol. The third kappa shape index (κ3) is 3.50. The number of hydrogen-bond donors (Lipinski definition) is 5. The maximum absolute atomic E-state index is 13.5. The molecule has 0 amide bonds. The summed E-state index contributed by atoms with van der Waals surface area (Å²) >= 11 is 0. The monoisotopic (exact) mass is 412 g/mol. The number of halogens is 2. The van der Waals surface area contributed by atoms with Crippen molar-refractivity contribution in [3.8, 4) is 0 Å². The van der Waals surface area contributed by atoms with Crippen molar-refractivity contribution < 1.29 is 33.7 Å². The summed E-state index contributed by atoms with van der Waals surface area (Å²) in [5.74, 6) is -1.78. The SMILES string of the molecule is CONC1=NCNC2C1C=CN2[C@@H]1O[C@H]([C@H](O)c2ccc(F)c(F)c2)[C@@H](O)[C@H]1O. The highest BCUT2D eigenvalue weighted by Crippen LogP contribution is 2.36. The quantitative estimate of drug-likeness (QED) is 0.413. The van der Waals surface area contributed by atoms with Crippen molar-refractivity contribution in [1.29, 1.82) is 0 Å². The number of hydroxylamine groups is 1. The van der Waals surface area contributed by atoms with Gasteiger partial charge in [0, 0.05) is 6.20 Å². The minimum atomic E-state index is -1.46. The Kier molecular flexibility index (Phi) is 5.51. The Balaban J connectivity index is 1.51. The number of amidine groups is 1. The first-order valence-electron chi connectivity index (χ1n) is 9.09. The molecule has 2 unspecified atom stereocenters. The van der Waals surface area contributed by atoms with Crippen LogP contribution >= 0.6 is 0 Å². The molecular formula is C18H22F2N4O5. The summed E-state index contributed by atoms with van der Waals surface area (Å²) in [5, 5.41) is 34.7. The molecule has 0 saturated carbocycles. The highest BCUT2D eigenvalue weighted by atomic mass is 19.2. The molecule has 0 radical (unpaired) electrons. The van der Waals surface area contributed by atoms with E-state index in [0.29, 0.717) is 12.5 Å². The van der Waals surface area contributed by atoms with Crippen molar-refractivity contribution in [2.75, 3.05) is 13.8 Å². The molecule has 3 aliphatic heterocycles. The molecule has 1 saturated heterocycles. The standard InChI is InChI=1S/C18H22F2N4O5/c1-28-23-16-9-4-5-24(17(9)22-7-21-16)18-14(27)13(26)15(29-18)12(25)8-2-3-10(19)11(20)6-8/h2-6,9,12-15,17-18,22,25-27H,7H2,1H3,(H,21,23)/t9?,12-,13+,14-,15-,17?,18-/m1/s1. The smallest absolute Gasteiger partial charge is 0.160 e. The van der Waals surface area contributed by atoms with Crippen LogP contribution in [0.1, 0.15) is 11.7 Å². The number of fused-ring (bicyclic) bond motifs is 1. The molecule has 29 heavy (non-hydrogen) atoms. The van der Waals surface area contributed by atoms with Crippen LogP contribution in [0.25, 0.3) is 0 Å². The Morgan fingerprint density at radius 1 is 1.31 bits per heavy atom. The van der Waals surface area contributed by atoms with E-state index in [1.54, 1.807) is 11.1 Å². The first-order valence-corrected chi connectivity index (χ1v) is 9.09. The lowest BCUT2D eigenvalue weighted by Crippen LogP contribution is -2.57. The van der Waals surface area contributed by atoms with Crippen LogP contribution in [0.4, 0.5) is 8.78 Å². The van der Waals surface area contributed by atoms with E-state index in [4.69, 9.17) is 9.57 Å². The Morgan fingerprint density at radius 2 is 2.10 bits per heavy atom. The number of benzene rings is 1. The molecule has 3 aliphatic rings. The Morgan fingerprint density at radius 3 is 2.83 bits per heavy atom. The predicted octanol–water partition coefficient (Wildman–Crippen LogP) is -0.673. The van der Waals surface area contributed by atoms with Gasteiger partial charge in [0.1, 0.15) is 30.3 Å². The van der Waals surface area contributed by atoms with Crippen LogP contribution in [0.5, 0.6) is 0 Å². The Hall–Kier alpha value is -2.15. The van der Waals surface area contributed by atoms with Gasteiger partial charge in [-0.05, 0) is 17.7 Å². The Labute approximate surface area is 165 Å². The molecule has 1 aromatic carbocycles. The van der Waals surface area contributed by atoms with Gasteiger partial charge in [-0.3, -0.25) is 20.6 Å². The van der Waals surface area contributed by atoms with Crippen molar-refractivity contribution in [1.82, 2.24) is 15.7 Å². The van der Waals surface area contributed by atoms with E-state index in [0.717, 1.165) is 12.1 Å². The molecule has 158 valence electrons. The summed E-state index contributed by atoms with van der Waals surface area (Å²) in [6, 6.07) is 2.92. The summed E-state index contributed by atoms with van der Waals surface area (Å²) in [5.41, 5.74) is 2.75. The third-order valence-electron chi connectivity index (χ3n) is 5.36. The minimum absolute atomic E-state index is 0.0325. The molecule has 4 rings (SSSR count). The number of nitrogens with zero attached hydrogens (tertiary/aromatic N) is 2. The second-order valence-electron chi connectivity index (χ2n) is 7.06. The topological polar surface area (TPSA) is 119 Å². The van der Waals surface area contributed by atoms with E-state index in [9.17, 15) is 24.1 Å². The fourth-order valence-electron chi connectivity index (χ4n) is 3.91. The maximum Gasteiger partial charge on any atom is 0.160 e. The lowest BCUT2D eigenvalue weighted by atomic mass is 9.99. The lowest BCUT2D eigenvalue weighted by molar-refractivity contribution is -0.114. The van der Waals surface area contributed by atoms with E-state index in [2.05, 4.69) is 15.8 Å². The van der Waals surface area contributed by atoms with Gasteiger partial charge in [-0.25, -0.2) is 8.78 Å². The van der Waals surface area contributed by atoms with Gasteiger partial charge in [0.25, 0.3) is 0 Å². The van der Waals surface area contributed by atoms with Gasteiger partial charge in [-0.1, -0.05) is 12.1 Å². The first-order chi connectivity index (χ1) is 13.9. The number of rotatable bonds is 4. The highest BCUT2D eigenvalue weighted by molar-refractivity contribution is 5.87. The van der Waals surface area contributed by atoms with Gasteiger partial charge < -0.3 is 25.0 Å². The van der Waals surface area contributed by atoms with Crippen molar-refractivity contribution in [3.63, 3.8) is 0 Å². The number of nitrogens with one attached hydrogen (secondary N) is 2. The zero-order valence-electron chi connectivity index (χ0n) is 15.4. The lowest BCUT2D eigenvalue weighted by Gasteiger charge is -2.37. The Bertz CT molecular complexity index is 825. The molecule has 1 aromatic rings. The van der Waals surface area contributed by atoms with E-state index >= 15 is 0 Å². The fraction of sp³-hybridized carbons (Fsp3) is 0.500. The number of aliphatic imine (C=N–C) groups is 1. The molecule has 9 nitrogen and oxygen atoms in total. The van der Waals surface area contributed by atoms with Crippen molar-refractivity contribution in [2.45, 2.75) is 36.8 Å². The normalized spacial score (nSPS) is 34.8. The van der Waals surface area contributed by atoms with Gasteiger partial charge in [-0.2, -0.15) is 0 Å². The van der Waals surface area contributed by atoms with Crippen LogP contribution in [-0.4, -0.2) is 70.5 Å². The predicted molar refractivity (Wildman–Crippen MR) is 95.8 cm³/mol. The number of hydrogen-bond acceptors (Lipinski definition) is 9. The average molecular weight is 412 g/mol. The molecule has 0 aromatic heterocycles. The van der Waals surface area contributed by atoms with E-state index in [1.807, 2.05) is 6.08 Å². The molecule has 5 N–H and O–H groups in total. The highest BCUT2D eigenvalue weighted by Gasteiger charge is 2.51. The van der Waals surface area contributed by atoms with Crippen LogP contribution in [0.15, 0.2) is 35.5 Å². The fourth-order valence-corrected chi connectivity index (χ4v) is 3.91. The van der Waals surface area contributed by atoms with Crippen LogP contribution in [0, 0.1) is 17.6 Å². The summed E-state index contributed by atoms with van der Waals surface area (Å²) in [6.45, 7) is 0.303. The van der Waals surface area contributed by atoms with Gasteiger partial charge >= 0.3 is 0 Å². The number of aliphatic hydroxyl groups is 3. The van der Waals surface area contributed by atoms with E-state index in [-0.39, 0.29) is 17.6 Å². The van der Waals surface area contributed by atoms with Crippen LogP contribution < -0.4 is 10.8 Å². The third-order valence-corrected chi connectivity index (χ3v) is 5.36. The minimum Gasteiger partial charge on any atom is -0.387 e.